The highest BCUT2D eigenvalue weighted by Gasteiger charge is 2.23. The summed E-state index contributed by atoms with van der Waals surface area (Å²) in [6, 6.07) is 14.4. The molecule has 2 aromatic rings. The van der Waals surface area contributed by atoms with Crippen LogP contribution in [0.1, 0.15) is 52.2 Å². The van der Waals surface area contributed by atoms with Gasteiger partial charge in [-0.05, 0) is 48.6 Å². The van der Waals surface area contributed by atoms with Crippen LogP contribution in [0, 0.1) is 0 Å². The number of halogens is 1. The number of nitrogens with one attached hydrogen (secondary N) is 1. The van der Waals surface area contributed by atoms with E-state index in [9.17, 15) is 0 Å². The molecule has 2 nitrogen and oxygen atoms in total. The molecule has 0 spiro atoms. The number of allylic oxidation sites excluding steroid dienone is 1. The van der Waals surface area contributed by atoms with E-state index in [0.717, 1.165) is 29.4 Å². The Balaban J connectivity index is 0.00000151. The van der Waals surface area contributed by atoms with E-state index in [-0.39, 0.29) is 5.41 Å². The number of hydrogen-bond donors (Lipinski definition) is 2. The summed E-state index contributed by atoms with van der Waals surface area (Å²) in [4.78, 5) is 0. The Bertz CT molecular complexity index is 673. The fraction of sp³-hybridized carbons (Fsp3) is 0.364. The van der Waals surface area contributed by atoms with Gasteiger partial charge in [-0.15, -0.1) is 0 Å². The van der Waals surface area contributed by atoms with Crippen molar-refractivity contribution < 1.29 is 5.73 Å². The van der Waals surface area contributed by atoms with Gasteiger partial charge in [0.15, 0.2) is 0 Å². The van der Waals surface area contributed by atoms with Crippen LogP contribution < -0.4 is 11.1 Å². The highest BCUT2D eigenvalue weighted by molar-refractivity contribution is 6.30. The van der Waals surface area contributed by atoms with Crippen molar-refractivity contribution in [3.8, 4) is 0 Å². The molecule has 4 N–H and O–H groups in total. The summed E-state index contributed by atoms with van der Waals surface area (Å²) >= 11 is 6.14. The van der Waals surface area contributed by atoms with E-state index in [1.165, 1.54) is 11.1 Å². The van der Waals surface area contributed by atoms with Crippen LogP contribution in [0.15, 0.2) is 48.5 Å². The molecule has 0 heterocycles. The van der Waals surface area contributed by atoms with Gasteiger partial charge in [-0.2, -0.15) is 0 Å². The van der Waals surface area contributed by atoms with Gasteiger partial charge < -0.3 is 11.1 Å². The molecule has 0 saturated heterocycles. The molecule has 0 amide bonds. The van der Waals surface area contributed by atoms with E-state index in [2.05, 4.69) is 68.2 Å². The number of benzene rings is 2. The highest BCUT2D eigenvalue weighted by atomic mass is 35.5. The van der Waals surface area contributed by atoms with E-state index in [0.29, 0.717) is 0 Å². The number of anilines is 1. The third-order valence-electron chi connectivity index (χ3n) is 4.03. The lowest BCUT2D eigenvalue weighted by molar-refractivity contribution is -0.256. The highest BCUT2D eigenvalue weighted by Crippen LogP contribution is 2.33. The molecule has 136 valence electrons. The van der Waals surface area contributed by atoms with Gasteiger partial charge in [-0.3, -0.25) is 0 Å². The Hall–Kier alpha value is -1.77. The third kappa shape index (κ3) is 6.56. The lowest BCUT2D eigenvalue weighted by atomic mass is 9.80. The maximum atomic E-state index is 6.14. The molecular formula is C22H32ClN2+. The van der Waals surface area contributed by atoms with Crippen LogP contribution in [0.25, 0.3) is 6.08 Å². The summed E-state index contributed by atoms with van der Waals surface area (Å²) in [6.45, 7) is 11.5. The van der Waals surface area contributed by atoms with Crippen molar-refractivity contribution in [2.24, 2.45) is 0 Å². The molecule has 3 heteroatoms. The second-order valence-corrected chi connectivity index (χ2v) is 6.88. The van der Waals surface area contributed by atoms with Gasteiger partial charge in [-0.25, -0.2) is 0 Å². The van der Waals surface area contributed by atoms with Crippen LogP contribution in [0.5, 0.6) is 0 Å². The largest absolute Gasteiger partial charge is 0.385 e. The van der Waals surface area contributed by atoms with Crippen molar-refractivity contribution in [3.05, 3.63) is 64.7 Å². The first-order chi connectivity index (χ1) is 11.9. The van der Waals surface area contributed by atoms with Crippen LogP contribution in [-0.4, -0.2) is 6.54 Å². The minimum Gasteiger partial charge on any atom is -0.385 e. The van der Waals surface area contributed by atoms with Crippen LogP contribution in [-0.2, 0) is 5.41 Å². The van der Waals surface area contributed by atoms with Crippen LogP contribution in [0.2, 0.25) is 5.02 Å². The second kappa shape index (κ2) is 10.3. The van der Waals surface area contributed by atoms with Crippen molar-refractivity contribution in [1.82, 2.24) is 0 Å². The normalized spacial score (nSPS) is 11.2. The first-order valence-corrected chi connectivity index (χ1v) is 9.42. The Morgan fingerprint density at radius 3 is 2.32 bits per heavy atom. The second-order valence-electron chi connectivity index (χ2n) is 6.44. The maximum absolute atomic E-state index is 6.14. The zero-order chi connectivity index (χ0) is 18.9. The summed E-state index contributed by atoms with van der Waals surface area (Å²) in [5.74, 6) is 0. The van der Waals surface area contributed by atoms with Crippen molar-refractivity contribution in [1.29, 1.82) is 0 Å². The Kier molecular flexibility index (Phi) is 8.74. The third-order valence-corrected chi connectivity index (χ3v) is 4.27. The van der Waals surface area contributed by atoms with Crippen molar-refractivity contribution >= 4 is 29.1 Å². The summed E-state index contributed by atoms with van der Waals surface area (Å²) in [6.07, 6.45) is 5.33. The molecule has 0 bridgehead atoms. The Morgan fingerprint density at radius 1 is 1.08 bits per heavy atom. The smallest absolute Gasteiger partial charge is 0.131 e. The molecule has 2 rings (SSSR count). The minimum atomic E-state index is 0.00217. The molecule has 0 aliphatic heterocycles. The average molecular weight is 360 g/mol. The van der Waals surface area contributed by atoms with Crippen LogP contribution in [0.3, 0.4) is 0 Å². The summed E-state index contributed by atoms with van der Waals surface area (Å²) in [5.41, 5.74) is 8.75. The van der Waals surface area contributed by atoms with E-state index in [1.807, 2.05) is 32.0 Å². The quantitative estimate of drug-likeness (QED) is 0.647. The summed E-state index contributed by atoms with van der Waals surface area (Å²) in [7, 11) is 0. The topological polar surface area (TPSA) is 39.7 Å². The number of quaternary nitrogens is 1. The lowest BCUT2D eigenvalue weighted by Crippen LogP contribution is -2.43. The lowest BCUT2D eigenvalue weighted by Gasteiger charge is -2.24. The molecule has 0 aliphatic rings. The van der Waals surface area contributed by atoms with E-state index < -0.39 is 0 Å². The molecule has 0 saturated carbocycles. The van der Waals surface area contributed by atoms with Crippen molar-refractivity contribution in [2.75, 3.05) is 11.9 Å². The van der Waals surface area contributed by atoms with Gasteiger partial charge in [0.1, 0.15) is 5.69 Å². The number of hydrogen-bond acceptors (Lipinski definition) is 1. The van der Waals surface area contributed by atoms with Gasteiger partial charge in [0, 0.05) is 28.9 Å². The molecule has 0 aromatic heterocycles. The number of rotatable bonds is 6. The molecule has 0 fully saturated rings. The first-order valence-electron chi connectivity index (χ1n) is 9.05. The fourth-order valence-corrected chi connectivity index (χ4v) is 2.87. The first kappa shape index (κ1) is 21.3. The van der Waals surface area contributed by atoms with Crippen LogP contribution >= 0.6 is 11.6 Å². The standard InChI is InChI=1S/C20H25ClN2.C2H6/c1-4-23-17-10-7-15(8-11-17)6-5-13-20(2,3)18-14-16(21)9-12-19(18)22;1-2/h5-12,14,23H,4,13,22H2,1-3H3;1-2H3/p+1/b6-5+;. The predicted molar refractivity (Wildman–Crippen MR) is 113 cm³/mol. The molecule has 0 radical (unpaired) electrons. The van der Waals surface area contributed by atoms with Crippen molar-refractivity contribution in [2.45, 2.75) is 46.5 Å². The van der Waals surface area contributed by atoms with E-state index in [4.69, 9.17) is 11.6 Å². The van der Waals surface area contributed by atoms with Gasteiger partial charge >= 0.3 is 0 Å². The van der Waals surface area contributed by atoms with Gasteiger partial charge in [0.2, 0.25) is 0 Å². The zero-order valence-corrected chi connectivity index (χ0v) is 17.0. The van der Waals surface area contributed by atoms with Gasteiger partial charge in [0.25, 0.3) is 0 Å². The van der Waals surface area contributed by atoms with Crippen LogP contribution in [0.4, 0.5) is 11.4 Å². The van der Waals surface area contributed by atoms with E-state index in [1.54, 1.807) is 0 Å². The molecule has 25 heavy (non-hydrogen) atoms. The van der Waals surface area contributed by atoms with E-state index >= 15 is 0 Å². The fourth-order valence-electron chi connectivity index (χ4n) is 2.69. The molecule has 0 atom stereocenters. The monoisotopic (exact) mass is 359 g/mol. The average Bonchev–Trinajstić information content (AvgIpc) is 2.60. The van der Waals surface area contributed by atoms with Gasteiger partial charge in [-0.1, -0.05) is 63.6 Å². The Labute approximate surface area is 158 Å². The predicted octanol–water partition coefficient (Wildman–Crippen LogP) is 6.05. The molecular weight excluding hydrogens is 328 g/mol. The maximum Gasteiger partial charge on any atom is 0.131 e. The molecule has 2 aromatic carbocycles. The SMILES string of the molecule is CC.CCNc1ccc(/C=C/CC(C)(C)c2cc(Cl)ccc2[NH3+])cc1. The minimum absolute atomic E-state index is 0.00217. The summed E-state index contributed by atoms with van der Waals surface area (Å²) in [5, 5.41) is 4.07. The zero-order valence-electron chi connectivity index (χ0n) is 16.2. The molecule has 0 unspecified atom stereocenters. The van der Waals surface area contributed by atoms with Crippen molar-refractivity contribution in [3.63, 3.8) is 0 Å². The summed E-state index contributed by atoms with van der Waals surface area (Å²) < 4.78 is 0. The molecule has 0 aliphatic carbocycles. The van der Waals surface area contributed by atoms with Gasteiger partial charge in [0.05, 0.1) is 0 Å². The Morgan fingerprint density at radius 2 is 1.72 bits per heavy atom.